The van der Waals surface area contributed by atoms with E-state index in [1.807, 2.05) is 30.7 Å². The molecular formula is C25H31IN6O2S. The van der Waals surface area contributed by atoms with Crippen LogP contribution >= 0.6 is 30.3 Å². The second kappa shape index (κ2) is 11.6. The van der Waals surface area contributed by atoms with Crippen LogP contribution in [0.1, 0.15) is 31.0 Å². The molecule has 1 fully saturated rings. The first-order valence-electron chi connectivity index (χ1n) is 11.6. The average Bonchev–Trinajstić information content (AvgIpc) is 3.22. The van der Waals surface area contributed by atoms with E-state index in [2.05, 4.69) is 55.1 Å². The van der Waals surface area contributed by atoms with Crippen LogP contribution in [0, 0.1) is 0 Å². The van der Waals surface area contributed by atoms with Gasteiger partial charge in [-0.05, 0) is 51.5 Å². The van der Waals surface area contributed by atoms with Crippen molar-refractivity contribution in [1.82, 2.24) is 18.8 Å². The first-order chi connectivity index (χ1) is 17.0. The van der Waals surface area contributed by atoms with Crippen molar-refractivity contribution >= 4 is 53.1 Å². The fourth-order valence-corrected chi connectivity index (χ4v) is 6.20. The van der Waals surface area contributed by atoms with Gasteiger partial charge in [0, 0.05) is 82.8 Å². The molecule has 3 aromatic rings. The molecule has 1 saturated heterocycles. The molecule has 4 rings (SSSR count). The Morgan fingerprint density at radius 1 is 1.26 bits per heavy atom. The van der Waals surface area contributed by atoms with Crippen LogP contribution in [0.4, 0.5) is 0 Å². The summed E-state index contributed by atoms with van der Waals surface area (Å²) in [5, 5.41) is 1.03. The van der Waals surface area contributed by atoms with Crippen LogP contribution in [0.5, 0.6) is 5.88 Å². The second-order valence-corrected chi connectivity index (χ2v) is 10.2. The Hall–Kier alpha value is -2.31. The van der Waals surface area contributed by atoms with E-state index in [-0.39, 0.29) is 6.04 Å². The van der Waals surface area contributed by atoms with Gasteiger partial charge in [0.25, 0.3) is 0 Å². The second-order valence-electron chi connectivity index (χ2n) is 8.52. The molecule has 186 valence electrons. The van der Waals surface area contributed by atoms with Crippen LogP contribution in [0.2, 0.25) is 0 Å². The predicted molar refractivity (Wildman–Crippen MR) is 153 cm³/mol. The number of likely N-dealkylation sites (tertiary alicyclic amines) is 1. The number of aromatic nitrogens is 3. The zero-order valence-corrected chi connectivity index (χ0v) is 23.5. The van der Waals surface area contributed by atoms with Gasteiger partial charge in [-0.2, -0.15) is 0 Å². The van der Waals surface area contributed by atoms with Crippen LogP contribution in [-0.2, 0) is 11.2 Å². The summed E-state index contributed by atoms with van der Waals surface area (Å²) in [7, 11) is 6.96. The van der Waals surface area contributed by atoms with Crippen molar-refractivity contribution in [1.29, 1.82) is 0 Å². The standard InChI is InChI=1S/C25H31IN6O2S/c1-5-21-23(16-6-7-22(33-3)29-13-16)19-12-17(14-30-25(19)32(21)35-26)20(24(27)34-4)15-28-18-8-10-31(2)11-9-18/h6-7,12-15,18H,5,8-11,27H2,1-4H3/b24-20-,28-15?. The van der Waals surface area contributed by atoms with E-state index in [0.29, 0.717) is 11.8 Å². The number of nitrogens with two attached hydrogens (primary N) is 1. The van der Waals surface area contributed by atoms with Gasteiger partial charge in [0.2, 0.25) is 5.88 Å². The van der Waals surface area contributed by atoms with Crippen molar-refractivity contribution in [3.8, 4) is 17.0 Å². The highest BCUT2D eigenvalue weighted by molar-refractivity contribution is 14.2. The fourth-order valence-electron chi connectivity index (χ4n) is 4.42. The molecule has 0 aromatic carbocycles. The first kappa shape index (κ1) is 25.8. The maximum atomic E-state index is 6.30. The summed E-state index contributed by atoms with van der Waals surface area (Å²) < 4.78 is 12.9. The maximum absolute atomic E-state index is 6.30. The molecule has 3 aromatic heterocycles. The average molecular weight is 607 g/mol. The zero-order valence-electron chi connectivity index (χ0n) is 20.5. The van der Waals surface area contributed by atoms with Crippen molar-refractivity contribution in [2.24, 2.45) is 10.7 Å². The van der Waals surface area contributed by atoms with E-state index in [9.17, 15) is 0 Å². The van der Waals surface area contributed by atoms with E-state index in [1.165, 1.54) is 5.69 Å². The summed E-state index contributed by atoms with van der Waals surface area (Å²) in [4.78, 5) is 16.5. The minimum absolute atomic E-state index is 0.284. The lowest BCUT2D eigenvalue weighted by atomic mass is 10.0. The van der Waals surface area contributed by atoms with Crippen LogP contribution in [-0.4, -0.2) is 65.5 Å². The molecule has 2 N–H and O–H groups in total. The van der Waals surface area contributed by atoms with Crippen LogP contribution in [0.15, 0.2) is 41.5 Å². The molecule has 0 unspecified atom stereocenters. The van der Waals surface area contributed by atoms with E-state index in [4.69, 9.17) is 25.2 Å². The van der Waals surface area contributed by atoms with Crippen molar-refractivity contribution in [2.75, 3.05) is 34.4 Å². The van der Waals surface area contributed by atoms with Gasteiger partial charge in [-0.1, -0.05) is 6.92 Å². The zero-order chi connectivity index (χ0) is 24.9. The van der Waals surface area contributed by atoms with E-state index >= 15 is 0 Å². The van der Waals surface area contributed by atoms with Gasteiger partial charge in [0.15, 0.2) is 11.5 Å². The van der Waals surface area contributed by atoms with Gasteiger partial charge in [-0.3, -0.25) is 8.96 Å². The molecular weight excluding hydrogens is 575 g/mol. The molecule has 4 heterocycles. The largest absolute Gasteiger partial charge is 0.482 e. The lowest BCUT2D eigenvalue weighted by molar-refractivity contribution is 0.257. The number of methoxy groups -OCH3 is 2. The number of ether oxygens (including phenoxy) is 2. The number of pyridine rings is 2. The van der Waals surface area contributed by atoms with Gasteiger partial charge >= 0.3 is 0 Å². The first-order valence-corrected chi connectivity index (χ1v) is 14.9. The summed E-state index contributed by atoms with van der Waals surface area (Å²) in [6.07, 6.45) is 8.48. The Labute approximate surface area is 222 Å². The number of allylic oxidation sites excluding steroid dienone is 1. The number of aliphatic imine (C=N–C) groups is 1. The number of piperidine rings is 1. The molecule has 0 bridgehead atoms. The van der Waals surface area contributed by atoms with E-state index < -0.39 is 0 Å². The monoisotopic (exact) mass is 606 g/mol. The van der Waals surface area contributed by atoms with Gasteiger partial charge in [0.1, 0.15) is 0 Å². The minimum Gasteiger partial charge on any atom is -0.482 e. The molecule has 35 heavy (non-hydrogen) atoms. The molecule has 8 nitrogen and oxygen atoms in total. The Kier molecular flexibility index (Phi) is 8.55. The molecule has 0 radical (unpaired) electrons. The molecule has 0 atom stereocenters. The smallest absolute Gasteiger partial charge is 0.212 e. The number of hydrogen-bond acceptors (Lipinski definition) is 8. The lowest BCUT2D eigenvalue weighted by Crippen LogP contribution is -2.32. The SMILES string of the molecule is CCc1c(-c2ccc(OC)nc2)c2cc(/C(C=NC3CCN(C)CC3)=C(/N)OC)cnc2n1SI. The summed E-state index contributed by atoms with van der Waals surface area (Å²) in [6.45, 7) is 4.26. The molecule has 1 aliphatic heterocycles. The van der Waals surface area contributed by atoms with Crippen LogP contribution in [0.3, 0.4) is 0 Å². The highest BCUT2D eigenvalue weighted by Crippen LogP contribution is 2.39. The summed E-state index contributed by atoms with van der Waals surface area (Å²) in [5.41, 5.74) is 12.1. The summed E-state index contributed by atoms with van der Waals surface area (Å²) in [5.74, 6) is 0.912. The topological polar surface area (TPSA) is 90.8 Å². The third-order valence-electron chi connectivity index (χ3n) is 6.40. The Balaban J connectivity index is 1.83. The highest BCUT2D eigenvalue weighted by atomic mass is 127. The van der Waals surface area contributed by atoms with Gasteiger partial charge in [0.05, 0.1) is 25.8 Å². The molecule has 0 saturated carbocycles. The molecule has 1 aliphatic rings. The fraction of sp³-hybridized carbons (Fsp3) is 0.400. The van der Waals surface area contributed by atoms with Gasteiger partial charge in [-0.15, -0.1) is 0 Å². The van der Waals surface area contributed by atoms with Crippen molar-refractivity contribution in [2.45, 2.75) is 32.2 Å². The third-order valence-corrected chi connectivity index (χ3v) is 8.11. The van der Waals surface area contributed by atoms with Crippen molar-refractivity contribution < 1.29 is 9.47 Å². The molecule has 0 aliphatic carbocycles. The predicted octanol–water partition coefficient (Wildman–Crippen LogP) is 4.95. The number of nitrogens with zero attached hydrogens (tertiary/aromatic N) is 5. The quantitative estimate of drug-likeness (QED) is 0.220. The molecule has 0 amide bonds. The summed E-state index contributed by atoms with van der Waals surface area (Å²) in [6, 6.07) is 6.34. The number of fused-ring (bicyclic) bond motifs is 1. The van der Waals surface area contributed by atoms with Gasteiger partial charge < -0.3 is 20.1 Å². The van der Waals surface area contributed by atoms with E-state index in [0.717, 1.165) is 65.6 Å². The van der Waals surface area contributed by atoms with Crippen LogP contribution in [0.25, 0.3) is 27.7 Å². The van der Waals surface area contributed by atoms with Crippen LogP contribution < -0.4 is 10.5 Å². The minimum atomic E-state index is 0.284. The van der Waals surface area contributed by atoms with Crippen molar-refractivity contribution in [3.63, 3.8) is 0 Å². The van der Waals surface area contributed by atoms with Gasteiger partial charge in [-0.25, -0.2) is 9.97 Å². The molecule has 0 spiro atoms. The highest BCUT2D eigenvalue weighted by Gasteiger charge is 2.21. The lowest BCUT2D eigenvalue weighted by Gasteiger charge is -2.26. The number of rotatable bonds is 8. The van der Waals surface area contributed by atoms with Crippen molar-refractivity contribution in [3.05, 3.63) is 47.7 Å². The Morgan fingerprint density at radius 3 is 2.63 bits per heavy atom. The maximum Gasteiger partial charge on any atom is 0.212 e. The number of halogens is 1. The normalized spacial score (nSPS) is 16.1. The summed E-state index contributed by atoms with van der Waals surface area (Å²) >= 11 is 2.30. The Morgan fingerprint density at radius 2 is 2.03 bits per heavy atom. The number of hydrogen-bond donors (Lipinski definition) is 1. The Bertz CT molecular complexity index is 1230. The van der Waals surface area contributed by atoms with E-state index in [1.54, 1.807) is 23.3 Å². The third kappa shape index (κ3) is 5.44. The molecule has 10 heteroatoms.